The van der Waals surface area contributed by atoms with Gasteiger partial charge in [-0.3, -0.25) is 10.1 Å². The van der Waals surface area contributed by atoms with E-state index < -0.39 is 24.8 Å². The van der Waals surface area contributed by atoms with Gasteiger partial charge in [0, 0.05) is 25.9 Å². The third-order valence-corrected chi connectivity index (χ3v) is 6.83. The van der Waals surface area contributed by atoms with E-state index in [2.05, 4.69) is 4.72 Å². The molecule has 164 valence electrons. The Morgan fingerprint density at radius 1 is 1.07 bits per heavy atom. The van der Waals surface area contributed by atoms with Crippen LogP contribution in [-0.4, -0.2) is 55.3 Å². The Morgan fingerprint density at radius 3 is 2.20 bits per heavy atom. The van der Waals surface area contributed by atoms with E-state index in [1.54, 1.807) is 24.1 Å². The summed E-state index contributed by atoms with van der Waals surface area (Å²) in [6.45, 7) is 0.725. The van der Waals surface area contributed by atoms with E-state index in [-0.39, 0.29) is 21.2 Å². The van der Waals surface area contributed by atoms with Gasteiger partial charge in [0.25, 0.3) is 5.69 Å². The van der Waals surface area contributed by atoms with Crippen LogP contribution in [0.15, 0.2) is 52.3 Å². The Hall–Kier alpha value is -2.70. The van der Waals surface area contributed by atoms with Gasteiger partial charge in [-0.2, -0.15) is 0 Å². The maximum absolute atomic E-state index is 11.9. The van der Waals surface area contributed by atoms with Gasteiger partial charge in [-0.25, -0.2) is 21.6 Å². The lowest BCUT2D eigenvalue weighted by Crippen LogP contribution is -2.22. The Kier molecular flexibility index (Phi) is 7.39. The van der Waals surface area contributed by atoms with Gasteiger partial charge in [-0.1, -0.05) is 0 Å². The quantitative estimate of drug-likeness (QED) is 0.324. The third kappa shape index (κ3) is 5.90. The first-order chi connectivity index (χ1) is 14.0. The summed E-state index contributed by atoms with van der Waals surface area (Å²) in [5, 5.41) is 11.4. The topological polar surface area (TPSA) is 136 Å². The zero-order valence-corrected chi connectivity index (χ0v) is 18.4. The largest absolute Gasteiger partial charge is 0.494 e. The monoisotopic (exact) mass is 457 g/mol. The van der Waals surface area contributed by atoms with Gasteiger partial charge in [0.15, 0.2) is 9.84 Å². The van der Waals surface area contributed by atoms with Gasteiger partial charge in [0.1, 0.15) is 11.4 Å². The molecule has 0 saturated heterocycles. The molecular weight excluding hydrogens is 434 g/mol. The molecule has 0 bridgehead atoms. The summed E-state index contributed by atoms with van der Waals surface area (Å²) in [6.07, 6.45) is 1.65. The first kappa shape index (κ1) is 23.6. The predicted molar refractivity (Wildman–Crippen MR) is 112 cm³/mol. The molecule has 2 aromatic rings. The maximum Gasteiger partial charge on any atom is 0.293 e. The first-order valence-electron chi connectivity index (χ1n) is 8.82. The van der Waals surface area contributed by atoms with Crippen LogP contribution < -0.4 is 14.4 Å². The molecule has 12 heteroatoms. The number of anilines is 1. The molecular formula is C18H23N3O7S2. The minimum Gasteiger partial charge on any atom is -0.494 e. The van der Waals surface area contributed by atoms with Gasteiger partial charge in [-0.05, 0) is 49.9 Å². The number of nitrogens with one attached hydrogen (secondary N) is 1. The zero-order chi connectivity index (χ0) is 22.5. The Bertz CT molecular complexity index is 1110. The SMILES string of the molecule is CNS(=O)(=O)c1ccc(N(C)CCCOc2ccc(S(C)(=O)=O)cc2)c([N+](=O)[O-])c1. The highest BCUT2D eigenvalue weighted by Gasteiger charge is 2.22. The lowest BCUT2D eigenvalue weighted by molar-refractivity contribution is -0.384. The molecule has 0 saturated carbocycles. The molecule has 0 radical (unpaired) electrons. The summed E-state index contributed by atoms with van der Waals surface area (Å²) >= 11 is 0. The second-order valence-electron chi connectivity index (χ2n) is 6.48. The van der Waals surface area contributed by atoms with Crippen LogP contribution in [0.1, 0.15) is 6.42 Å². The van der Waals surface area contributed by atoms with Crippen molar-refractivity contribution < 1.29 is 26.5 Å². The number of sulfone groups is 1. The van der Waals surface area contributed by atoms with E-state index in [1.165, 1.54) is 31.3 Å². The van der Waals surface area contributed by atoms with Gasteiger partial charge >= 0.3 is 0 Å². The number of sulfonamides is 1. The van der Waals surface area contributed by atoms with Crippen LogP contribution in [0.25, 0.3) is 0 Å². The van der Waals surface area contributed by atoms with Crippen LogP contribution in [0.5, 0.6) is 5.75 Å². The molecule has 0 aliphatic rings. The van der Waals surface area contributed by atoms with Crippen molar-refractivity contribution in [1.82, 2.24) is 4.72 Å². The highest BCUT2D eigenvalue weighted by molar-refractivity contribution is 7.90. The summed E-state index contributed by atoms with van der Waals surface area (Å²) in [4.78, 5) is 12.4. The molecule has 0 unspecified atom stereocenters. The number of nitro groups is 1. The first-order valence-corrected chi connectivity index (χ1v) is 12.2. The van der Waals surface area contributed by atoms with E-state index in [0.717, 1.165) is 12.3 Å². The number of benzene rings is 2. The van der Waals surface area contributed by atoms with E-state index in [4.69, 9.17) is 4.74 Å². The molecule has 0 aliphatic heterocycles. The number of hydrogen-bond acceptors (Lipinski definition) is 8. The van der Waals surface area contributed by atoms with E-state index >= 15 is 0 Å². The second kappa shape index (κ2) is 9.41. The molecule has 0 atom stereocenters. The standard InChI is InChI=1S/C18H23N3O7S2/c1-19-30(26,27)16-9-10-17(18(13-16)21(22)23)20(2)11-4-12-28-14-5-7-15(8-6-14)29(3,24)25/h5-10,13,19H,4,11-12H2,1-3H3. The van der Waals surface area contributed by atoms with E-state index in [9.17, 15) is 26.9 Å². The van der Waals surface area contributed by atoms with Gasteiger partial charge in [0.05, 0.1) is 21.3 Å². The van der Waals surface area contributed by atoms with Crippen LogP contribution in [0.2, 0.25) is 0 Å². The zero-order valence-electron chi connectivity index (χ0n) is 16.7. The van der Waals surface area contributed by atoms with Crippen LogP contribution in [0.4, 0.5) is 11.4 Å². The summed E-state index contributed by atoms with van der Waals surface area (Å²) < 4.78 is 54.4. The minimum absolute atomic E-state index is 0.185. The van der Waals surface area contributed by atoms with Crippen LogP contribution in [0, 0.1) is 10.1 Å². The molecule has 30 heavy (non-hydrogen) atoms. The number of rotatable bonds is 10. The van der Waals surface area contributed by atoms with Crippen molar-refractivity contribution >= 4 is 31.2 Å². The molecule has 2 aromatic carbocycles. The lowest BCUT2D eigenvalue weighted by Gasteiger charge is -2.19. The molecule has 1 N–H and O–H groups in total. The minimum atomic E-state index is -3.79. The normalized spacial score (nSPS) is 11.8. The van der Waals surface area contributed by atoms with Gasteiger partial charge in [-0.15, -0.1) is 0 Å². The summed E-state index contributed by atoms with van der Waals surface area (Å²) in [6, 6.07) is 9.77. The van der Waals surface area contributed by atoms with Crippen molar-refractivity contribution in [3.63, 3.8) is 0 Å². The van der Waals surface area contributed by atoms with Crippen molar-refractivity contribution in [2.24, 2.45) is 0 Å². The molecule has 2 rings (SSSR count). The molecule has 0 aliphatic carbocycles. The highest BCUT2D eigenvalue weighted by Crippen LogP contribution is 2.30. The van der Waals surface area contributed by atoms with Gasteiger partial charge in [0.2, 0.25) is 10.0 Å². The molecule has 0 heterocycles. The maximum atomic E-state index is 11.9. The highest BCUT2D eigenvalue weighted by atomic mass is 32.2. The van der Waals surface area contributed by atoms with Crippen LogP contribution >= 0.6 is 0 Å². The summed E-state index contributed by atoms with van der Waals surface area (Å²) in [5.74, 6) is 0.512. The van der Waals surface area contributed by atoms with Crippen LogP contribution in [0.3, 0.4) is 0 Å². The number of nitro benzene ring substituents is 1. The number of nitrogens with zero attached hydrogens (tertiary/aromatic N) is 2. The number of hydrogen-bond donors (Lipinski definition) is 1. The van der Waals surface area contributed by atoms with Crippen molar-refractivity contribution in [3.8, 4) is 5.75 Å². The average molecular weight is 458 g/mol. The summed E-state index contributed by atoms with van der Waals surface area (Å²) in [5.41, 5.74) is -0.0290. The predicted octanol–water partition coefficient (Wildman–Crippen LogP) is 1.81. The smallest absolute Gasteiger partial charge is 0.293 e. The lowest BCUT2D eigenvalue weighted by atomic mass is 10.2. The molecule has 0 aromatic heterocycles. The fourth-order valence-electron chi connectivity index (χ4n) is 2.65. The fraction of sp³-hybridized carbons (Fsp3) is 0.333. The second-order valence-corrected chi connectivity index (χ2v) is 10.4. The average Bonchev–Trinajstić information content (AvgIpc) is 2.70. The molecule has 0 fully saturated rings. The third-order valence-electron chi connectivity index (χ3n) is 4.29. The van der Waals surface area contributed by atoms with Crippen LogP contribution in [-0.2, 0) is 19.9 Å². The van der Waals surface area contributed by atoms with E-state index in [0.29, 0.717) is 25.3 Å². The van der Waals surface area contributed by atoms with Crippen molar-refractivity contribution in [2.75, 3.05) is 38.4 Å². The summed E-state index contributed by atoms with van der Waals surface area (Å²) in [7, 11) is -4.17. The number of ether oxygens (including phenoxy) is 1. The Labute approximate surface area is 175 Å². The fourth-order valence-corrected chi connectivity index (χ4v) is 4.03. The molecule has 0 spiro atoms. The van der Waals surface area contributed by atoms with Crippen molar-refractivity contribution in [2.45, 2.75) is 16.2 Å². The Morgan fingerprint density at radius 2 is 1.67 bits per heavy atom. The van der Waals surface area contributed by atoms with E-state index in [1.807, 2.05) is 0 Å². The molecule has 0 amide bonds. The van der Waals surface area contributed by atoms with Gasteiger partial charge < -0.3 is 9.64 Å². The Balaban J connectivity index is 2.01. The molecule has 10 nitrogen and oxygen atoms in total. The van der Waals surface area contributed by atoms with Crippen molar-refractivity contribution in [3.05, 3.63) is 52.6 Å². The van der Waals surface area contributed by atoms with Crippen molar-refractivity contribution in [1.29, 1.82) is 0 Å².